The van der Waals surface area contributed by atoms with Gasteiger partial charge < -0.3 is 0 Å². The number of allylic oxidation sites excluding steroid dienone is 2. The first-order valence-electron chi connectivity index (χ1n) is 7.21. The molecule has 0 aliphatic carbocycles. The lowest BCUT2D eigenvalue weighted by Crippen LogP contribution is -2.29. The molecule has 1 atom stereocenters. The van der Waals surface area contributed by atoms with Crippen molar-refractivity contribution in [3.63, 3.8) is 0 Å². The molecule has 2 rings (SSSR count). The Morgan fingerprint density at radius 1 is 1.29 bits per heavy atom. The summed E-state index contributed by atoms with van der Waals surface area (Å²) in [4.78, 5) is 0. The fraction of sp³-hybridized carbons (Fsp3) is 0.375. The molecule has 1 aromatic rings. The molecule has 1 aliphatic rings. The van der Waals surface area contributed by atoms with Crippen molar-refractivity contribution in [1.29, 1.82) is 0 Å². The molecule has 4 nitrogen and oxygen atoms in total. The summed E-state index contributed by atoms with van der Waals surface area (Å²) in [6.45, 7) is 4.58. The van der Waals surface area contributed by atoms with E-state index in [4.69, 9.17) is 0 Å². The van der Waals surface area contributed by atoms with E-state index >= 15 is 0 Å². The third-order valence-corrected chi connectivity index (χ3v) is 4.95. The van der Waals surface area contributed by atoms with Gasteiger partial charge in [-0.05, 0) is 24.8 Å². The Hall–Kier alpha value is -1.43. The van der Waals surface area contributed by atoms with Gasteiger partial charge in [-0.1, -0.05) is 48.6 Å². The van der Waals surface area contributed by atoms with Gasteiger partial charge in [0.15, 0.2) is 0 Å². The molecular weight excluding hydrogens is 284 g/mol. The zero-order chi connectivity index (χ0) is 15.1. The van der Waals surface area contributed by atoms with Gasteiger partial charge in [0.05, 0.1) is 6.04 Å². The number of hydrogen-bond acceptors (Lipinski definition) is 2. The first-order chi connectivity index (χ1) is 10.1. The second-order valence-corrected chi connectivity index (χ2v) is 6.86. The Balaban J connectivity index is 1.91. The lowest BCUT2D eigenvalue weighted by atomic mass is 10.2. The number of rotatable bonds is 7. The van der Waals surface area contributed by atoms with E-state index in [0.29, 0.717) is 13.1 Å². The van der Waals surface area contributed by atoms with Crippen LogP contribution in [0.1, 0.15) is 24.8 Å². The molecule has 1 heterocycles. The number of nitrogens with one attached hydrogen (secondary N) is 1. The van der Waals surface area contributed by atoms with E-state index in [1.54, 1.807) is 0 Å². The van der Waals surface area contributed by atoms with Gasteiger partial charge >= 0.3 is 0 Å². The summed E-state index contributed by atoms with van der Waals surface area (Å²) >= 11 is 0. The predicted molar refractivity (Wildman–Crippen MR) is 85.9 cm³/mol. The van der Waals surface area contributed by atoms with Gasteiger partial charge in [0.25, 0.3) is 10.2 Å². The van der Waals surface area contributed by atoms with Gasteiger partial charge in [-0.3, -0.25) is 0 Å². The zero-order valence-electron chi connectivity index (χ0n) is 12.1. The molecule has 0 saturated carbocycles. The van der Waals surface area contributed by atoms with E-state index in [1.165, 1.54) is 4.31 Å². The molecule has 0 amide bonds. The second-order valence-electron chi connectivity index (χ2n) is 5.16. The van der Waals surface area contributed by atoms with E-state index < -0.39 is 10.2 Å². The normalized spacial score (nSPS) is 21.8. The third kappa shape index (κ3) is 4.81. The van der Waals surface area contributed by atoms with Gasteiger partial charge in [-0.2, -0.15) is 17.4 Å². The van der Waals surface area contributed by atoms with E-state index in [-0.39, 0.29) is 6.04 Å². The Kier molecular flexibility index (Phi) is 5.73. The van der Waals surface area contributed by atoms with E-state index in [0.717, 1.165) is 24.8 Å². The molecule has 1 fully saturated rings. The van der Waals surface area contributed by atoms with Gasteiger partial charge in [0, 0.05) is 13.1 Å². The maximum Gasteiger partial charge on any atom is 0.280 e. The molecular formula is C16H22N2O2S. The molecule has 21 heavy (non-hydrogen) atoms. The molecule has 1 N–H and O–H groups in total. The van der Waals surface area contributed by atoms with Crippen molar-refractivity contribution in [2.24, 2.45) is 0 Å². The molecule has 0 aromatic heterocycles. The van der Waals surface area contributed by atoms with Crippen LogP contribution in [0, 0.1) is 0 Å². The van der Waals surface area contributed by atoms with Crippen LogP contribution in [0.3, 0.4) is 0 Å². The molecule has 1 aliphatic heterocycles. The average molecular weight is 306 g/mol. The van der Waals surface area contributed by atoms with Crippen molar-refractivity contribution < 1.29 is 8.42 Å². The smallest absolute Gasteiger partial charge is 0.195 e. The summed E-state index contributed by atoms with van der Waals surface area (Å²) in [6.07, 6.45) is 8.87. The Bertz CT molecular complexity index is 582. The maximum absolute atomic E-state index is 12.1. The largest absolute Gasteiger partial charge is 0.280 e. The minimum atomic E-state index is -3.37. The van der Waals surface area contributed by atoms with Gasteiger partial charge in [-0.15, -0.1) is 6.58 Å². The van der Waals surface area contributed by atoms with Gasteiger partial charge in [-0.25, -0.2) is 0 Å². The van der Waals surface area contributed by atoms with E-state index in [1.807, 2.05) is 48.6 Å². The molecule has 1 aromatic carbocycles. The van der Waals surface area contributed by atoms with Crippen LogP contribution in [0.15, 0.2) is 55.1 Å². The van der Waals surface area contributed by atoms with Crippen molar-refractivity contribution in [2.45, 2.75) is 31.8 Å². The summed E-state index contributed by atoms with van der Waals surface area (Å²) < 4.78 is 28.3. The Morgan fingerprint density at radius 3 is 2.76 bits per heavy atom. The molecule has 0 spiro atoms. The number of unbranched alkanes of at least 4 members (excludes halogenated alkanes) is 2. The third-order valence-electron chi connectivity index (χ3n) is 3.39. The van der Waals surface area contributed by atoms with Crippen LogP contribution in [0.2, 0.25) is 0 Å². The van der Waals surface area contributed by atoms with Crippen molar-refractivity contribution in [2.75, 3.05) is 6.54 Å². The van der Waals surface area contributed by atoms with Crippen LogP contribution in [0.4, 0.5) is 0 Å². The topological polar surface area (TPSA) is 49.4 Å². The lowest BCUT2D eigenvalue weighted by Gasteiger charge is -2.12. The first kappa shape index (κ1) is 15.9. The Morgan fingerprint density at radius 2 is 2.05 bits per heavy atom. The summed E-state index contributed by atoms with van der Waals surface area (Å²) in [5, 5.41) is 0. The number of hydrogen-bond donors (Lipinski definition) is 1. The summed E-state index contributed by atoms with van der Waals surface area (Å²) in [7, 11) is -3.37. The zero-order valence-corrected chi connectivity index (χ0v) is 12.9. The minimum absolute atomic E-state index is 0.137. The van der Waals surface area contributed by atoms with Crippen molar-refractivity contribution in [3.8, 4) is 0 Å². The molecule has 1 saturated heterocycles. The molecule has 5 heteroatoms. The second kappa shape index (κ2) is 7.54. The van der Waals surface area contributed by atoms with Crippen LogP contribution >= 0.6 is 0 Å². The monoisotopic (exact) mass is 306 g/mol. The molecule has 1 unspecified atom stereocenters. The highest BCUT2D eigenvalue weighted by Gasteiger charge is 2.33. The summed E-state index contributed by atoms with van der Waals surface area (Å²) in [5.74, 6) is 0. The van der Waals surface area contributed by atoms with Crippen molar-refractivity contribution in [1.82, 2.24) is 9.03 Å². The number of benzene rings is 1. The number of nitrogens with zero attached hydrogens (tertiary/aromatic N) is 1. The van der Waals surface area contributed by atoms with Crippen LogP contribution < -0.4 is 4.72 Å². The van der Waals surface area contributed by atoms with Crippen molar-refractivity contribution >= 4 is 10.2 Å². The summed E-state index contributed by atoms with van der Waals surface area (Å²) in [5.41, 5.74) is 0.999. The highest BCUT2D eigenvalue weighted by molar-refractivity contribution is 7.87. The lowest BCUT2D eigenvalue weighted by molar-refractivity contribution is 0.435. The Labute approximate surface area is 127 Å². The predicted octanol–water partition coefficient (Wildman–Crippen LogP) is 2.62. The fourth-order valence-corrected chi connectivity index (χ4v) is 3.66. The van der Waals surface area contributed by atoms with Crippen LogP contribution in [-0.4, -0.2) is 25.3 Å². The van der Waals surface area contributed by atoms with E-state index in [2.05, 4.69) is 11.3 Å². The quantitative estimate of drug-likeness (QED) is 0.622. The standard InChI is InChI=1S/C16H22N2O2S/c1-2-3-4-5-9-12-16-14-18(21(19,20)17-16)13-15-10-7-6-8-11-15/h2,6-12,16-17H,1,3-5,13-14H2. The van der Waals surface area contributed by atoms with Gasteiger partial charge in [0.2, 0.25) is 0 Å². The van der Waals surface area contributed by atoms with Crippen molar-refractivity contribution in [3.05, 3.63) is 60.7 Å². The average Bonchev–Trinajstić information content (AvgIpc) is 2.74. The summed E-state index contributed by atoms with van der Waals surface area (Å²) in [6, 6.07) is 9.50. The highest BCUT2D eigenvalue weighted by atomic mass is 32.2. The maximum atomic E-state index is 12.1. The molecule has 0 bridgehead atoms. The highest BCUT2D eigenvalue weighted by Crippen LogP contribution is 2.16. The SMILES string of the molecule is C=CCCCC=CC1CN(Cc2ccccc2)S(=O)(=O)N1. The van der Waals surface area contributed by atoms with Gasteiger partial charge in [0.1, 0.15) is 0 Å². The first-order valence-corrected chi connectivity index (χ1v) is 8.65. The van der Waals surface area contributed by atoms with E-state index in [9.17, 15) is 8.42 Å². The fourth-order valence-electron chi connectivity index (χ4n) is 2.30. The van der Waals surface area contributed by atoms with Crippen LogP contribution in [0.25, 0.3) is 0 Å². The molecule has 114 valence electrons. The minimum Gasteiger partial charge on any atom is -0.195 e. The molecule has 0 radical (unpaired) electrons. The van der Waals surface area contributed by atoms with Crippen LogP contribution in [-0.2, 0) is 16.8 Å². The van der Waals surface area contributed by atoms with Crippen LogP contribution in [0.5, 0.6) is 0 Å².